The topological polar surface area (TPSA) is 109 Å². The van der Waals surface area contributed by atoms with E-state index >= 15 is 0 Å². The maximum Gasteiger partial charge on any atom is 0.345 e. The van der Waals surface area contributed by atoms with Gasteiger partial charge in [-0.3, -0.25) is 0 Å². The summed E-state index contributed by atoms with van der Waals surface area (Å²) in [6, 6.07) is 2.58. The summed E-state index contributed by atoms with van der Waals surface area (Å²) < 4.78 is 26.7. The first-order chi connectivity index (χ1) is 9.69. The number of nitrogens with zero attached hydrogens (tertiary/aromatic N) is 2. The zero-order valence-corrected chi connectivity index (χ0v) is 13.3. The number of carboxylic acid groups (broad SMARTS) is 1. The van der Waals surface area contributed by atoms with E-state index in [1.54, 1.807) is 6.92 Å². The summed E-state index contributed by atoms with van der Waals surface area (Å²) in [7, 11) is -3.98. The Morgan fingerprint density at radius 1 is 1.33 bits per heavy atom. The van der Waals surface area contributed by atoms with Gasteiger partial charge < -0.3 is 5.11 Å². The third-order valence-corrected chi connectivity index (χ3v) is 5.24. The van der Waals surface area contributed by atoms with Gasteiger partial charge in [0, 0.05) is 10.6 Å². The molecule has 0 saturated carbocycles. The minimum atomic E-state index is -3.98. The highest BCUT2D eigenvalue weighted by atomic mass is 35.5. The predicted molar refractivity (Wildman–Crippen MR) is 78.6 cm³/mol. The number of hydrogen-bond acceptors (Lipinski definition) is 6. The Morgan fingerprint density at radius 3 is 2.52 bits per heavy atom. The molecule has 0 saturated heterocycles. The summed E-state index contributed by atoms with van der Waals surface area (Å²) >= 11 is 6.62. The molecule has 0 bridgehead atoms. The molecule has 0 fully saturated rings. The van der Waals surface area contributed by atoms with Crippen molar-refractivity contribution in [2.45, 2.75) is 18.7 Å². The first kappa shape index (κ1) is 15.7. The van der Waals surface area contributed by atoms with Crippen LogP contribution in [0.25, 0.3) is 0 Å². The molecule has 0 aliphatic rings. The molecule has 2 N–H and O–H groups in total. The van der Waals surface area contributed by atoms with E-state index in [0.717, 1.165) is 17.4 Å². The number of thiophene rings is 1. The lowest BCUT2D eigenvalue weighted by Crippen LogP contribution is -2.15. The van der Waals surface area contributed by atoms with Crippen LogP contribution in [0.4, 0.5) is 5.95 Å². The lowest BCUT2D eigenvalue weighted by molar-refractivity contribution is 0.0702. The van der Waals surface area contributed by atoms with E-state index in [9.17, 15) is 13.2 Å². The summed E-state index contributed by atoms with van der Waals surface area (Å²) in [5, 5.41) is 9.01. The van der Waals surface area contributed by atoms with Gasteiger partial charge in [0.05, 0.1) is 0 Å². The van der Waals surface area contributed by atoms with Crippen LogP contribution in [0.3, 0.4) is 0 Å². The van der Waals surface area contributed by atoms with E-state index in [1.165, 1.54) is 13.0 Å². The summed E-state index contributed by atoms with van der Waals surface area (Å²) in [4.78, 5) is 18.8. The zero-order valence-electron chi connectivity index (χ0n) is 10.9. The van der Waals surface area contributed by atoms with E-state index in [4.69, 9.17) is 16.7 Å². The third kappa shape index (κ3) is 3.49. The molecule has 21 heavy (non-hydrogen) atoms. The molecule has 0 spiro atoms. The van der Waals surface area contributed by atoms with Gasteiger partial charge in [-0.05, 0) is 26.0 Å². The predicted octanol–water partition coefficient (Wildman–Crippen LogP) is 2.31. The molecule has 10 heteroatoms. The second kappa shape index (κ2) is 5.58. The van der Waals surface area contributed by atoms with Crippen LogP contribution < -0.4 is 4.72 Å². The van der Waals surface area contributed by atoms with Crippen molar-refractivity contribution >= 4 is 44.9 Å². The van der Waals surface area contributed by atoms with Crippen molar-refractivity contribution in [1.82, 2.24) is 9.97 Å². The number of anilines is 1. The smallest absolute Gasteiger partial charge is 0.345 e. The highest BCUT2D eigenvalue weighted by molar-refractivity contribution is 7.92. The maximum absolute atomic E-state index is 12.3. The second-order valence-corrected chi connectivity index (χ2v) is 7.39. The Bertz CT molecular complexity index is 797. The van der Waals surface area contributed by atoms with Gasteiger partial charge in [0.15, 0.2) is 0 Å². The van der Waals surface area contributed by atoms with Crippen molar-refractivity contribution in [2.75, 3.05) is 4.72 Å². The van der Waals surface area contributed by atoms with Crippen molar-refractivity contribution in [2.24, 2.45) is 0 Å². The molecule has 0 unspecified atom stereocenters. The molecule has 7 nitrogen and oxygen atoms in total. The molecule has 0 aromatic carbocycles. The molecule has 2 rings (SSSR count). The van der Waals surface area contributed by atoms with Gasteiger partial charge in [-0.25, -0.2) is 27.9 Å². The fraction of sp³-hybridized carbons (Fsp3) is 0.182. The molecule has 0 aliphatic carbocycles. The van der Waals surface area contributed by atoms with Crippen LogP contribution in [0.5, 0.6) is 0 Å². The lowest BCUT2D eigenvalue weighted by atomic mass is 10.4. The molecule has 0 aliphatic heterocycles. The largest absolute Gasteiger partial charge is 0.477 e. The maximum atomic E-state index is 12.3. The standard InChI is InChI=1S/C11H10ClN3O4S2/c1-5-3-9(12)14-11(13-5)15-21(18,19)8-4-7(10(16)17)20-6(8)2/h3-4H,1-2H3,(H,16,17)(H,13,14,15). The van der Waals surface area contributed by atoms with Gasteiger partial charge in [-0.1, -0.05) is 11.6 Å². The number of sulfonamides is 1. The zero-order chi connectivity index (χ0) is 15.8. The summed E-state index contributed by atoms with van der Waals surface area (Å²) in [5.74, 6) is -1.35. The van der Waals surface area contributed by atoms with Gasteiger partial charge in [0.2, 0.25) is 5.95 Å². The number of aromatic carboxylic acids is 1. The molecule has 2 heterocycles. The molecule has 0 amide bonds. The first-order valence-corrected chi connectivity index (χ1v) is 8.24. The summed E-state index contributed by atoms with van der Waals surface area (Å²) in [6.45, 7) is 3.17. The van der Waals surface area contributed by atoms with Crippen molar-refractivity contribution < 1.29 is 18.3 Å². The molecule has 0 radical (unpaired) electrons. The summed E-state index contributed by atoms with van der Waals surface area (Å²) in [5.41, 5.74) is 0.501. The van der Waals surface area contributed by atoms with Crippen molar-refractivity contribution in [3.63, 3.8) is 0 Å². The lowest BCUT2D eigenvalue weighted by Gasteiger charge is -2.06. The molecular weight excluding hydrogens is 338 g/mol. The molecule has 2 aromatic heterocycles. The van der Waals surface area contributed by atoms with Gasteiger partial charge in [0.25, 0.3) is 10.0 Å². The normalized spacial score (nSPS) is 11.4. The fourth-order valence-electron chi connectivity index (χ4n) is 1.59. The molecule has 0 atom stereocenters. The Labute approximate surface area is 129 Å². The number of rotatable bonds is 4. The average molecular weight is 348 g/mol. The molecular formula is C11H10ClN3O4S2. The number of halogens is 1. The number of carboxylic acids is 1. The number of aromatic nitrogens is 2. The number of aryl methyl sites for hydroxylation is 2. The minimum absolute atomic E-state index is 0.0592. The van der Waals surface area contributed by atoms with Gasteiger partial charge in [-0.15, -0.1) is 11.3 Å². The average Bonchev–Trinajstić information content (AvgIpc) is 2.70. The van der Waals surface area contributed by atoms with Crippen molar-refractivity contribution in [1.29, 1.82) is 0 Å². The van der Waals surface area contributed by atoms with Crippen LogP contribution in [-0.4, -0.2) is 29.5 Å². The van der Waals surface area contributed by atoms with Gasteiger partial charge in [-0.2, -0.15) is 0 Å². The number of carbonyl (C=O) groups is 1. The monoisotopic (exact) mass is 347 g/mol. The summed E-state index contributed by atoms with van der Waals surface area (Å²) in [6.07, 6.45) is 0. The highest BCUT2D eigenvalue weighted by Gasteiger charge is 2.23. The van der Waals surface area contributed by atoms with Crippen LogP contribution in [-0.2, 0) is 10.0 Å². The quantitative estimate of drug-likeness (QED) is 0.821. The fourth-order valence-corrected chi connectivity index (χ4v) is 4.20. The second-order valence-electron chi connectivity index (χ2n) is 4.10. The van der Waals surface area contributed by atoms with E-state index in [1.807, 2.05) is 0 Å². The van der Waals surface area contributed by atoms with Crippen molar-refractivity contribution in [3.8, 4) is 0 Å². The van der Waals surface area contributed by atoms with Crippen LogP contribution in [0.1, 0.15) is 20.2 Å². The number of nitrogens with one attached hydrogen (secondary N) is 1. The van der Waals surface area contributed by atoms with Crippen LogP contribution in [0, 0.1) is 13.8 Å². The van der Waals surface area contributed by atoms with Crippen molar-refractivity contribution in [3.05, 3.63) is 32.7 Å². The minimum Gasteiger partial charge on any atom is -0.477 e. The van der Waals surface area contributed by atoms with E-state index in [-0.39, 0.29) is 20.9 Å². The Hall–Kier alpha value is -1.71. The Kier molecular flexibility index (Phi) is 4.17. The van der Waals surface area contributed by atoms with E-state index in [0.29, 0.717) is 10.6 Å². The van der Waals surface area contributed by atoms with E-state index in [2.05, 4.69) is 14.7 Å². The third-order valence-electron chi connectivity index (χ3n) is 2.42. The highest BCUT2D eigenvalue weighted by Crippen LogP contribution is 2.27. The van der Waals surface area contributed by atoms with Crippen LogP contribution >= 0.6 is 22.9 Å². The Morgan fingerprint density at radius 2 is 2.00 bits per heavy atom. The SMILES string of the molecule is Cc1cc(Cl)nc(NS(=O)(=O)c2cc(C(=O)O)sc2C)n1. The van der Waals surface area contributed by atoms with Gasteiger partial charge in [0.1, 0.15) is 14.9 Å². The van der Waals surface area contributed by atoms with E-state index < -0.39 is 16.0 Å². The molecule has 112 valence electrons. The van der Waals surface area contributed by atoms with Crippen LogP contribution in [0.2, 0.25) is 5.15 Å². The van der Waals surface area contributed by atoms with Gasteiger partial charge >= 0.3 is 5.97 Å². The Balaban J connectivity index is 2.40. The van der Waals surface area contributed by atoms with Crippen LogP contribution in [0.15, 0.2) is 17.0 Å². The molecule has 2 aromatic rings. The first-order valence-electron chi connectivity index (χ1n) is 5.57. The number of hydrogen-bond donors (Lipinski definition) is 2.